The zero-order valence-corrected chi connectivity index (χ0v) is 9.92. The van der Waals surface area contributed by atoms with Gasteiger partial charge >= 0.3 is 0 Å². The summed E-state index contributed by atoms with van der Waals surface area (Å²) in [7, 11) is 1.77. The minimum atomic E-state index is -0.389. The molecule has 0 radical (unpaired) electrons. The van der Waals surface area contributed by atoms with Gasteiger partial charge in [-0.05, 0) is 24.3 Å². The summed E-state index contributed by atoms with van der Waals surface area (Å²) in [4.78, 5) is 4.07. The number of pyridine rings is 1. The SMILES string of the molecule is CNc1cc(Nc2ccc(Cl)cc2F)ccn1. The van der Waals surface area contributed by atoms with E-state index in [2.05, 4.69) is 15.6 Å². The van der Waals surface area contributed by atoms with Gasteiger partial charge < -0.3 is 10.6 Å². The Labute approximate surface area is 104 Å². The van der Waals surface area contributed by atoms with Crippen molar-refractivity contribution in [3.8, 4) is 0 Å². The first-order valence-corrected chi connectivity index (χ1v) is 5.43. The molecule has 88 valence electrons. The maximum absolute atomic E-state index is 13.5. The highest BCUT2D eigenvalue weighted by Crippen LogP contribution is 2.23. The molecule has 3 nitrogen and oxygen atoms in total. The average molecular weight is 252 g/mol. The summed E-state index contributed by atoms with van der Waals surface area (Å²) < 4.78 is 13.5. The topological polar surface area (TPSA) is 37.0 Å². The second kappa shape index (κ2) is 5.01. The van der Waals surface area contributed by atoms with Crippen LogP contribution in [0.3, 0.4) is 0 Å². The number of benzene rings is 1. The van der Waals surface area contributed by atoms with Crippen molar-refractivity contribution in [1.29, 1.82) is 0 Å². The second-order valence-corrected chi connectivity index (χ2v) is 3.87. The van der Waals surface area contributed by atoms with Gasteiger partial charge in [-0.2, -0.15) is 0 Å². The van der Waals surface area contributed by atoms with Crippen LogP contribution in [-0.4, -0.2) is 12.0 Å². The predicted molar refractivity (Wildman–Crippen MR) is 68.5 cm³/mol. The van der Waals surface area contributed by atoms with Crippen LogP contribution < -0.4 is 10.6 Å². The lowest BCUT2D eigenvalue weighted by atomic mass is 10.3. The third-order valence-electron chi connectivity index (χ3n) is 2.23. The number of aromatic nitrogens is 1. The van der Waals surface area contributed by atoms with E-state index in [0.29, 0.717) is 16.5 Å². The third kappa shape index (κ3) is 2.85. The van der Waals surface area contributed by atoms with Crippen molar-refractivity contribution < 1.29 is 4.39 Å². The summed E-state index contributed by atoms with van der Waals surface area (Å²) in [6, 6.07) is 8.04. The number of anilines is 3. The quantitative estimate of drug-likeness (QED) is 0.874. The standard InChI is InChI=1S/C12H11ClFN3/c1-15-12-7-9(4-5-16-12)17-11-3-2-8(13)6-10(11)14/h2-7H,1H3,(H2,15,16,17). The molecule has 1 aromatic heterocycles. The van der Waals surface area contributed by atoms with Gasteiger partial charge in [-0.1, -0.05) is 11.6 Å². The van der Waals surface area contributed by atoms with E-state index in [1.54, 1.807) is 37.5 Å². The van der Waals surface area contributed by atoms with Crippen LogP contribution in [0, 0.1) is 5.82 Å². The van der Waals surface area contributed by atoms with E-state index >= 15 is 0 Å². The molecule has 0 aliphatic carbocycles. The molecule has 0 saturated heterocycles. The van der Waals surface area contributed by atoms with Gasteiger partial charge in [0.1, 0.15) is 11.6 Å². The number of halogens is 2. The van der Waals surface area contributed by atoms with Crippen molar-refractivity contribution in [2.75, 3.05) is 17.7 Å². The molecule has 2 rings (SSSR count). The number of rotatable bonds is 3. The lowest BCUT2D eigenvalue weighted by molar-refractivity contribution is 0.632. The van der Waals surface area contributed by atoms with Crippen molar-refractivity contribution >= 4 is 28.8 Å². The van der Waals surface area contributed by atoms with Gasteiger partial charge in [-0.3, -0.25) is 0 Å². The molecule has 0 aliphatic rings. The summed E-state index contributed by atoms with van der Waals surface area (Å²) in [6.07, 6.45) is 1.64. The smallest absolute Gasteiger partial charge is 0.148 e. The Bertz CT molecular complexity index is 531. The highest BCUT2D eigenvalue weighted by atomic mass is 35.5. The summed E-state index contributed by atoms with van der Waals surface area (Å²) in [5, 5.41) is 6.25. The van der Waals surface area contributed by atoms with E-state index in [4.69, 9.17) is 11.6 Å². The predicted octanol–water partition coefficient (Wildman–Crippen LogP) is 3.66. The second-order valence-electron chi connectivity index (χ2n) is 3.43. The molecule has 1 heterocycles. The summed E-state index contributed by atoms with van der Waals surface area (Å²) >= 11 is 5.68. The Balaban J connectivity index is 2.25. The molecule has 17 heavy (non-hydrogen) atoms. The fraction of sp³-hybridized carbons (Fsp3) is 0.0833. The van der Waals surface area contributed by atoms with Crippen molar-refractivity contribution in [3.63, 3.8) is 0 Å². The van der Waals surface area contributed by atoms with Gasteiger partial charge in [0.2, 0.25) is 0 Å². The lowest BCUT2D eigenvalue weighted by Gasteiger charge is -2.08. The van der Waals surface area contributed by atoms with Crippen LogP contribution in [0.2, 0.25) is 5.02 Å². The van der Waals surface area contributed by atoms with Gasteiger partial charge in [0.05, 0.1) is 5.69 Å². The fourth-order valence-electron chi connectivity index (χ4n) is 1.39. The van der Waals surface area contributed by atoms with E-state index in [9.17, 15) is 4.39 Å². The molecule has 0 saturated carbocycles. The highest BCUT2D eigenvalue weighted by molar-refractivity contribution is 6.30. The number of hydrogen-bond acceptors (Lipinski definition) is 3. The Morgan fingerprint density at radius 3 is 2.76 bits per heavy atom. The molecule has 1 aromatic carbocycles. The molecule has 0 aliphatic heterocycles. The van der Waals surface area contributed by atoms with Crippen molar-refractivity contribution in [2.24, 2.45) is 0 Å². The normalized spacial score (nSPS) is 10.1. The van der Waals surface area contributed by atoms with E-state index < -0.39 is 0 Å². The fourth-order valence-corrected chi connectivity index (χ4v) is 1.55. The summed E-state index contributed by atoms with van der Waals surface area (Å²) in [6.45, 7) is 0. The summed E-state index contributed by atoms with van der Waals surface area (Å²) in [5.41, 5.74) is 1.13. The molecular formula is C12H11ClFN3. The Hall–Kier alpha value is -1.81. The zero-order valence-electron chi connectivity index (χ0n) is 9.17. The van der Waals surface area contributed by atoms with Crippen LogP contribution in [0.25, 0.3) is 0 Å². The van der Waals surface area contributed by atoms with Crippen LogP contribution in [0.1, 0.15) is 0 Å². The number of nitrogens with one attached hydrogen (secondary N) is 2. The molecule has 0 fully saturated rings. The highest BCUT2D eigenvalue weighted by Gasteiger charge is 2.03. The minimum absolute atomic E-state index is 0.374. The van der Waals surface area contributed by atoms with Gasteiger partial charge in [0, 0.05) is 30.0 Å². The number of nitrogens with zero attached hydrogens (tertiary/aromatic N) is 1. The molecule has 2 N–H and O–H groups in total. The Kier molecular flexibility index (Phi) is 3.44. The van der Waals surface area contributed by atoms with Crippen LogP contribution >= 0.6 is 11.6 Å². The van der Waals surface area contributed by atoms with E-state index in [1.807, 2.05) is 0 Å². The molecule has 0 unspecified atom stereocenters. The van der Waals surface area contributed by atoms with Gasteiger partial charge in [-0.15, -0.1) is 0 Å². The first-order chi connectivity index (χ1) is 8.19. The van der Waals surface area contributed by atoms with Crippen LogP contribution in [-0.2, 0) is 0 Å². The average Bonchev–Trinajstić information content (AvgIpc) is 2.33. The van der Waals surface area contributed by atoms with Crippen LogP contribution in [0.4, 0.5) is 21.6 Å². The van der Waals surface area contributed by atoms with E-state index in [0.717, 1.165) is 5.69 Å². The third-order valence-corrected chi connectivity index (χ3v) is 2.46. The molecular weight excluding hydrogens is 241 g/mol. The monoisotopic (exact) mass is 251 g/mol. The van der Waals surface area contributed by atoms with E-state index in [-0.39, 0.29) is 5.82 Å². The molecule has 0 amide bonds. The Morgan fingerprint density at radius 1 is 1.24 bits per heavy atom. The van der Waals surface area contributed by atoms with Crippen molar-refractivity contribution in [1.82, 2.24) is 4.98 Å². The van der Waals surface area contributed by atoms with Crippen molar-refractivity contribution in [3.05, 3.63) is 47.4 Å². The first-order valence-electron chi connectivity index (χ1n) is 5.05. The lowest BCUT2D eigenvalue weighted by Crippen LogP contribution is -1.96. The zero-order chi connectivity index (χ0) is 12.3. The maximum Gasteiger partial charge on any atom is 0.148 e. The van der Waals surface area contributed by atoms with Gasteiger partial charge in [0.25, 0.3) is 0 Å². The summed E-state index contributed by atoms with van der Waals surface area (Å²) in [5.74, 6) is 0.324. The largest absolute Gasteiger partial charge is 0.373 e. The van der Waals surface area contributed by atoms with Crippen molar-refractivity contribution in [2.45, 2.75) is 0 Å². The molecule has 0 bridgehead atoms. The first kappa shape index (κ1) is 11.7. The minimum Gasteiger partial charge on any atom is -0.373 e. The molecule has 0 spiro atoms. The maximum atomic E-state index is 13.5. The Morgan fingerprint density at radius 2 is 2.06 bits per heavy atom. The molecule has 5 heteroatoms. The van der Waals surface area contributed by atoms with Crippen LogP contribution in [0.5, 0.6) is 0 Å². The van der Waals surface area contributed by atoms with Crippen LogP contribution in [0.15, 0.2) is 36.5 Å². The molecule has 0 atom stereocenters. The molecule has 2 aromatic rings. The van der Waals surface area contributed by atoms with Gasteiger partial charge in [0.15, 0.2) is 0 Å². The van der Waals surface area contributed by atoms with Gasteiger partial charge in [-0.25, -0.2) is 9.37 Å². The van der Waals surface area contributed by atoms with E-state index in [1.165, 1.54) is 6.07 Å². The number of hydrogen-bond donors (Lipinski definition) is 2.